The Balaban J connectivity index is 1.68. The van der Waals surface area contributed by atoms with E-state index in [0.717, 1.165) is 11.1 Å². The number of hydrogen-bond donors (Lipinski definition) is 2. The zero-order valence-corrected chi connectivity index (χ0v) is 16.6. The van der Waals surface area contributed by atoms with Gasteiger partial charge in [-0.05, 0) is 43.7 Å². The van der Waals surface area contributed by atoms with Crippen molar-refractivity contribution in [3.63, 3.8) is 0 Å². The van der Waals surface area contributed by atoms with Crippen LogP contribution >= 0.6 is 0 Å². The molecule has 0 radical (unpaired) electrons. The highest BCUT2D eigenvalue weighted by Crippen LogP contribution is 2.45. The minimum atomic E-state index is -0.986. The molecule has 1 fully saturated rings. The number of carboxylic acids is 1. The normalized spacial score (nSPS) is 17.2. The fourth-order valence-corrected chi connectivity index (χ4v) is 4.83. The molecule has 7 heteroatoms. The number of fused-ring (bicyclic) bond motifs is 3. The second kappa shape index (κ2) is 6.75. The summed E-state index contributed by atoms with van der Waals surface area (Å²) in [7, 11) is 1.98. The number of carboxylic acid groups (broad SMARTS) is 1. The Hall–Kier alpha value is -3.03. The van der Waals surface area contributed by atoms with Gasteiger partial charge < -0.3 is 20.2 Å². The molecule has 1 aliphatic heterocycles. The average Bonchev–Trinajstić information content (AvgIpc) is 3.11. The maximum absolute atomic E-state index is 13.7. The largest absolute Gasteiger partial charge is 0.478 e. The molecule has 30 heavy (non-hydrogen) atoms. The maximum Gasteiger partial charge on any atom is 0.339 e. The van der Waals surface area contributed by atoms with Crippen LogP contribution in [0, 0.1) is 5.82 Å². The summed E-state index contributed by atoms with van der Waals surface area (Å²) >= 11 is 0. The van der Waals surface area contributed by atoms with Crippen LogP contribution in [0.4, 0.5) is 4.39 Å². The predicted molar refractivity (Wildman–Crippen MR) is 110 cm³/mol. The van der Waals surface area contributed by atoms with Gasteiger partial charge >= 0.3 is 5.97 Å². The van der Waals surface area contributed by atoms with Crippen LogP contribution in [-0.4, -0.2) is 47.6 Å². The lowest BCUT2D eigenvalue weighted by Crippen LogP contribution is -2.61. The van der Waals surface area contributed by atoms with Gasteiger partial charge in [-0.3, -0.25) is 4.98 Å². The predicted octanol–water partition coefficient (Wildman–Crippen LogP) is 3.09. The summed E-state index contributed by atoms with van der Waals surface area (Å²) in [5, 5.41) is 10.00. The second-order valence-corrected chi connectivity index (χ2v) is 8.31. The Morgan fingerprint density at radius 1 is 1.33 bits per heavy atom. The summed E-state index contributed by atoms with van der Waals surface area (Å²) in [6, 6.07) is 8.12. The number of hydrogen-bond acceptors (Lipinski definition) is 5. The van der Waals surface area contributed by atoms with E-state index in [2.05, 4.69) is 9.88 Å². The fraction of sp³-hybridized carbons (Fsp3) is 0.304. The molecule has 6 nitrogen and oxygen atoms in total. The van der Waals surface area contributed by atoms with Crippen LogP contribution in [0.25, 0.3) is 22.6 Å². The molecule has 3 aromatic rings. The van der Waals surface area contributed by atoms with Crippen molar-refractivity contribution in [2.75, 3.05) is 26.7 Å². The van der Waals surface area contributed by atoms with E-state index in [4.69, 9.17) is 10.2 Å². The van der Waals surface area contributed by atoms with E-state index in [-0.39, 0.29) is 11.4 Å². The minimum absolute atomic E-state index is 0.248. The van der Waals surface area contributed by atoms with Crippen molar-refractivity contribution in [2.24, 2.45) is 5.73 Å². The molecule has 0 bridgehead atoms. The number of pyridine rings is 1. The lowest BCUT2D eigenvalue weighted by Gasteiger charge is -2.46. The third kappa shape index (κ3) is 2.77. The molecule has 1 aliphatic carbocycles. The first-order valence-electron chi connectivity index (χ1n) is 9.95. The number of rotatable bonds is 4. The lowest BCUT2D eigenvalue weighted by molar-refractivity contribution is 0.0644. The molecule has 0 saturated carbocycles. The molecular formula is C23H22FN3O3. The van der Waals surface area contributed by atoms with Gasteiger partial charge in [-0.2, -0.15) is 0 Å². The van der Waals surface area contributed by atoms with Gasteiger partial charge in [-0.15, -0.1) is 0 Å². The number of likely N-dealkylation sites (tertiary alicyclic amines) is 1. The van der Waals surface area contributed by atoms with Crippen molar-refractivity contribution < 1.29 is 18.7 Å². The summed E-state index contributed by atoms with van der Waals surface area (Å²) in [5.74, 6) is -0.274. The molecule has 0 spiro atoms. The quantitative estimate of drug-likeness (QED) is 0.691. The highest BCUT2D eigenvalue weighted by Gasteiger charge is 2.48. The van der Waals surface area contributed by atoms with Gasteiger partial charge in [0.1, 0.15) is 22.9 Å². The molecule has 2 aliphatic rings. The van der Waals surface area contributed by atoms with Gasteiger partial charge in [-0.25, -0.2) is 9.18 Å². The van der Waals surface area contributed by atoms with Gasteiger partial charge in [0, 0.05) is 42.5 Å². The Labute approximate surface area is 173 Å². The minimum Gasteiger partial charge on any atom is -0.478 e. The molecule has 2 aromatic heterocycles. The van der Waals surface area contributed by atoms with Crippen LogP contribution in [0.3, 0.4) is 0 Å². The van der Waals surface area contributed by atoms with Gasteiger partial charge in [0.25, 0.3) is 0 Å². The number of aromatic carboxylic acids is 1. The van der Waals surface area contributed by atoms with Crippen LogP contribution in [0.2, 0.25) is 0 Å². The first-order chi connectivity index (χ1) is 14.4. The van der Waals surface area contributed by atoms with E-state index in [1.807, 2.05) is 13.1 Å². The average molecular weight is 407 g/mol. The Bertz CT molecular complexity index is 1160. The standard InChI is InChI=1S/C23H22FN3O3/c1-27-11-23(10-25,12-27)21-19(22(28)29)16-6-5-14-9-26-18(8-17(14)20(16)30-21)13-3-2-4-15(24)7-13/h2-4,7-9H,5-6,10-12,25H2,1H3,(H,28,29). The second-order valence-electron chi connectivity index (χ2n) is 8.31. The lowest BCUT2D eigenvalue weighted by atomic mass is 9.75. The summed E-state index contributed by atoms with van der Waals surface area (Å²) in [4.78, 5) is 18.8. The van der Waals surface area contributed by atoms with Gasteiger partial charge in [0.05, 0.1) is 11.1 Å². The van der Waals surface area contributed by atoms with E-state index in [1.54, 1.807) is 18.3 Å². The molecule has 5 rings (SSSR count). The fourth-order valence-electron chi connectivity index (χ4n) is 4.83. The summed E-state index contributed by atoms with van der Waals surface area (Å²) in [6.45, 7) is 1.64. The number of benzene rings is 1. The monoisotopic (exact) mass is 407 g/mol. The third-order valence-electron chi connectivity index (χ3n) is 6.23. The van der Waals surface area contributed by atoms with Gasteiger partial charge in [0.15, 0.2) is 0 Å². The number of nitrogens with zero attached hydrogens (tertiary/aromatic N) is 2. The number of furan rings is 1. The van der Waals surface area contributed by atoms with E-state index >= 15 is 0 Å². The number of nitrogens with two attached hydrogens (primary N) is 1. The highest BCUT2D eigenvalue weighted by atomic mass is 19.1. The maximum atomic E-state index is 13.7. The van der Waals surface area contributed by atoms with E-state index in [9.17, 15) is 14.3 Å². The highest BCUT2D eigenvalue weighted by molar-refractivity contribution is 5.94. The number of halogens is 1. The van der Waals surface area contributed by atoms with Crippen LogP contribution in [0.1, 0.15) is 27.2 Å². The van der Waals surface area contributed by atoms with E-state index < -0.39 is 11.4 Å². The topological polar surface area (TPSA) is 92.6 Å². The molecule has 0 atom stereocenters. The van der Waals surface area contributed by atoms with Crippen LogP contribution in [0.5, 0.6) is 0 Å². The first kappa shape index (κ1) is 19.0. The van der Waals surface area contributed by atoms with E-state index in [0.29, 0.717) is 60.8 Å². The van der Waals surface area contributed by atoms with Crippen LogP contribution in [-0.2, 0) is 18.3 Å². The summed E-state index contributed by atoms with van der Waals surface area (Å²) in [6.07, 6.45) is 3.02. The smallest absolute Gasteiger partial charge is 0.339 e. The third-order valence-corrected chi connectivity index (χ3v) is 6.23. The number of likely N-dealkylation sites (N-methyl/N-ethyl adjacent to an activating group) is 1. The molecule has 0 amide bonds. The zero-order valence-electron chi connectivity index (χ0n) is 16.6. The van der Waals surface area contributed by atoms with E-state index in [1.165, 1.54) is 12.1 Å². The summed E-state index contributed by atoms with van der Waals surface area (Å²) in [5.41, 5.74) is 9.64. The SMILES string of the molecule is CN1CC(CN)(c2oc3c(c2C(=O)O)CCc2cnc(-c4cccc(F)c4)cc2-3)C1. The molecule has 0 unspecified atom stereocenters. The van der Waals surface area contributed by atoms with Crippen molar-refractivity contribution in [3.05, 3.63) is 64.8 Å². The number of aryl methyl sites for hydroxylation is 1. The Kier molecular flexibility index (Phi) is 4.27. The molecule has 1 saturated heterocycles. The van der Waals surface area contributed by atoms with Crippen LogP contribution in [0.15, 0.2) is 40.9 Å². The Morgan fingerprint density at radius 2 is 2.13 bits per heavy atom. The van der Waals surface area contributed by atoms with Crippen molar-refractivity contribution in [1.29, 1.82) is 0 Å². The molecule has 154 valence electrons. The molecule has 3 N–H and O–H groups in total. The first-order valence-corrected chi connectivity index (χ1v) is 9.95. The molecule has 1 aromatic carbocycles. The van der Waals surface area contributed by atoms with Crippen molar-refractivity contribution in [1.82, 2.24) is 9.88 Å². The van der Waals surface area contributed by atoms with Crippen molar-refractivity contribution >= 4 is 5.97 Å². The summed E-state index contributed by atoms with van der Waals surface area (Å²) < 4.78 is 20.0. The Morgan fingerprint density at radius 3 is 2.80 bits per heavy atom. The number of carbonyl (C=O) groups is 1. The van der Waals surface area contributed by atoms with Gasteiger partial charge in [0.2, 0.25) is 0 Å². The van der Waals surface area contributed by atoms with Crippen molar-refractivity contribution in [3.8, 4) is 22.6 Å². The molecular weight excluding hydrogens is 385 g/mol. The molecule has 3 heterocycles. The van der Waals surface area contributed by atoms with Crippen LogP contribution < -0.4 is 5.73 Å². The zero-order chi connectivity index (χ0) is 21.0. The van der Waals surface area contributed by atoms with Gasteiger partial charge in [-0.1, -0.05) is 12.1 Å². The van der Waals surface area contributed by atoms with Crippen molar-refractivity contribution in [2.45, 2.75) is 18.3 Å². The number of aromatic nitrogens is 1.